The van der Waals surface area contributed by atoms with Crippen LogP contribution in [0.25, 0.3) is 0 Å². The fourth-order valence-electron chi connectivity index (χ4n) is 3.06. The maximum atomic E-state index is 11.8. The number of hydrogen-bond donors (Lipinski definition) is 2. The second-order valence-corrected chi connectivity index (χ2v) is 4.98. The topological polar surface area (TPSA) is 58.4 Å². The van der Waals surface area contributed by atoms with E-state index >= 15 is 0 Å². The van der Waals surface area contributed by atoms with E-state index in [2.05, 4.69) is 5.32 Å². The minimum absolute atomic E-state index is 0.0901. The molecule has 2 aliphatic rings. The van der Waals surface area contributed by atoms with Crippen LogP contribution in [-0.4, -0.2) is 36.6 Å². The van der Waals surface area contributed by atoms with Crippen LogP contribution in [0, 0.1) is 5.92 Å². The number of nitrogens with two attached hydrogens (primary N) is 1. The lowest BCUT2D eigenvalue weighted by atomic mass is 9.83. The van der Waals surface area contributed by atoms with Crippen LogP contribution in [-0.2, 0) is 0 Å². The van der Waals surface area contributed by atoms with Gasteiger partial charge in [0.1, 0.15) is 0 Å². The molecule has 2 amide bonds. The number of urea groups is 1. The van der Waals surface area contributed by atoms with Crippen molar-refractivity contribution in [1.82, 2.24) is 10.2 Å². The number of nitrogens with zero attached hydrogens (tertiary/aromatic N) is 1. The lowest BCUT2D eigenvalue weighted by Gasteiger charge is -2.40. The number of carbonyl (C=O) groups excluding carboxylic acids is 1. The maximum absolute atomic E-state index is 11.8. The van der Waals surface area contributed by atoms with E-state index in [0.29, 0.717) is 12.5 Å². The van der Waals surface area contributed by atoms with Crippen LogP contribution in [0.1, 0.15) is 38.5 Å². The number of nitrogens with one attached hydrogen (secondary N) is 1. The van der Waals surface area contributed by atoms with Crippen molar-refractivity contribution in [3.8, 4) is 0 Å². The Balaban J connectivity index is 1.99. The Morgan fingerprint density at radius 2 is 2.06 bits per heavy atom. The summed E-state index contributed by atoms with van der Waals surface area (Å²) < 4.78 is 0. The predicted molar refractivity (Wildman–Crippen MR) is 64.1 cm³/mol. The van der Waals surface area contributed by atoms with Crippen LogP contribution in [0.2, 0.25) is 0 Å². The fraction of sp³-hybridized carbons (Fsp3) is 0.917. The van der Waals surface area contributed by atoms with Crippen LogP contribution < -0.4 is 11.1 Å². The highest BCUT2D eigenvalue weighted by Crippen LogP contribution is 2.29. The highest BCUT2D eigenvalue weighted by Gasteiger charge is 2.31. The summed E-state index contributed by atoms with van der Waals surface area (Å²) >= 11 is 0. The molecule has 16 heavy (non-hydrogen) atoms. The van der Waals surface area contributed by atoms with Gasteiger partial charge in [-0.15, -0.1) is 0 Å². The van der Waals surface area contributed by atoms with Gasteiger partial charge in [-0.1, -0.05) is 19.3 Å². The molecule has 1 unspecified atom stereocenters. The van der Waals surface area contributed by atoms with Crippen LogP contribution in [0.15, 0.2) is 0 Å². The Bertz CT molecular complexity index is 238. The largest absolute Gasteiger partial charge is 0.338 e. The van der Waals surface area contributed by atoms with Gasteiger partial charge in [0.05, 0.1) is 0 Å². The molecule has 92 valence electrons. The Kier molecular flexibility index (Phi) is 4.04. The molecule has 2 fully saturated rings. The normalized spacial score (nSPS) is 25.3. The third-order valence-electron chi connectivity index (χ3n) is 3.95. The first-order valence-corrected chi connectivity index (χ1v) is 6.57. The Morgan fingerprint density at radius 3 is 2.69 bits per heavy atom. The van der Waals surface area contributed by atoms with Crippen LogP contribution >= 0.6 is 0 Å². The van der Waals surface area contributed by atoms with Crippen LogP contribution in [0.3, 0.4) is 0 Å². The van der Waals surface area contributed by atoms with Crippen molar-refractivity contribution in [3.63, 3.8) is 0 Å². The first-order chi connectivity index (χ1) is 7.83. The molecule has 0 aromatic rings. The molecule has 1 aliphatic heterocycles. The van der Waals surface area contributed by atoms with Gasteiger partial charge in [0.2, 0.25) is 0 Å². The average Bonchev–Trinajstić information content (AvgIpc) is 2.34. The van der Waals surface area contributed by atoms with E-state index in [4.69, 9.17) is 5.73 Å². The number of carbonyl (C=O) groups is 1. The van der Waals surface area contributed by atoms with E-state index in [-0.39, 0.29) is 12.1 Å². The molecule has 4 nitrogen and oxygen atoms in total. The SMILES string of the molecule is NCC(C1CCCCC1)N1CCCNC1=O. The van der Waals surface area contributed by atoms with E-state index in [0.717, 1.165) is 19.5 Å². The minimum Gasteiger partial charge on any atom is -0.338 e. The van der Waals surface area contributed by atoms with Crippen molar-refractivity contribution in [3.05, 3.63) is 0 Å². The molecule has 2 rings (SSSR count). The molecule has 0 radical (unpaired) electrons. The third-order valence-corrected chi connectivity index (χ3v) is 3.95. The fourth-order valence-corrected chi connectivity index (χ4v) is 3.06. The highest BCUT2D eigenvalue weighted by atomic mass is 16.2. The van der Waals surface area contributed by atoms with E-state index in [1.54, 1.807) is 0 Å². The Labute approximate surface area is 97.6 Å². The van der Waals surface area contributed by atoms with Crippen LogP contribution in [0.4, 0.5) is 4.79 Å². The van der Waals surface area contributed by atoms with Crippen LogP contribution in [0.5, 0.6) is 0 Å². The van der Waals surface area contributed by atoms with Crippen molar-refractivity contribution in [2.24, 2.45) is 11.7 Å². The first kappa shape index (κ1) is 11.7. The summed E-state index contributed by atoms with van der Waals surface area (Å²) in [5.41, 5.74) is 5.88. The summed E-state index contributed by atoms with van der Waals surface area (Å²) in [6.07, 6.45) is 7.49. The summed E-state index contributed by atoms with van der Waals surface area (Å²) in [5.74, 6) is 0.627. The van der Waals surface area contributed by atoms with Crippen molar-refractivity contribution >= 4 is 6.03 Å². The van der Waals surface area contributed by atoms with Crippen molar-refractivity contribution < 1.29 is 4.79 Å². The lowest BCUT2D eigenvalue weighted by molar-refractivity contribution is 0.122. The third kappa shape index (κ3) is 2.48. The quantitative estimate of drug-likeness (QED) is 0.761. The van der Waals surface area contributed by atoms with Crippen molar-refractivity contribution in [1.29, 1.82) is 0 Å². The molecule has 0 bridgehead atoms. The summed E-state index contributed by atoms with van der Waals surface area (Å²) in [7, 11) is 0. The predicted octanol–water partition coefficient (Wildman–Crippen LogP) is 1.31. The summed E-state index contributed by atoms with van der Waals surface area (Å²) in [6.45, 7) is 2.31. The van der Waals surface area contributed by atoms with Gasteiger partial charge < -0.3 is 16.0 Å². The van der Waals surface area contributed by atoms with Crippen molar-refractivity contribution in [2.45, 2.75) is 44.6 Å². The molecule has 3 N–H and O–H groups in total. The van der Waals surface area contributed by atoms with Gasteiger partial charge in [-0.2, -0.15) is 0 Å². The second-order valence-electron chi connectivity index (χ2n) is 4.98. The molecule has 4 heteroatoms. The van der Waals surface area contributed by atoms with Gasteiger partial charge in [-0.25, -0.2) is 4.79 Å². The van der Waals surface area contributed by atoms with E-state index in [1.165, 1.54) is 32.1 Å². The molecule has 0 aromatic carbocycles. The molecule has 1 atom stereocenters. The standard InChI is InChI=1S/C12H23N3O/c13-9-11(10-5-2-1-3-6-10)15-8-4-7-14-12(15)16/h10-11H,1-9,13H2,(H,14,16). The average molecular weight is 225 g/mol. The summed E-state index contributed by atoms with van der Waals surface area (Å²) in [4.78, 5) is 13.8. The molecule has 1 aliphatic carbocycles. The zero-order chi connectivity index (χ0) is 11.4. The number of amides is 2. The highest BCUT2D eigenvalue weighted by molar-refractivity contribution is 5.75. The lowest BCUT2D eigenvalue weighted by Crippen LogP contribution is -2.56. The molecule has 0 spiro atoms. The van der Waals surface area contributed by atoms with Gasteiger partial charge >= 0.3 is 6.03 Å². The van der Waals surface area contributed by atoms with E-state index in [9.17, 15) is 4.79 Å². The van der Waals surface area contributed by atoms with Crippen molar-refractivity contribution in [2.75, 3.05) is 19.6 Å². The van der Waals surface area contributed by atoms with Gasteiger partial charge in [-0.3, -0.25) is 0 Å². The smallest absolute Gasteiger partial charge is 0.317 e. The van der Waals surface area contributed by atoms with E-state index < -0.39 is 0 Å². The molecule has 1 saturated heterocycles. The number of rotatable bonds is 3. The van der Waals surface area contributed by atoms with Gasteiger partial charge in [-0.05, 0) is 25.2 Å². The first-order valence-electron chi connectivity index (χ1n) is 6.57. The van der Waals surface area contributed by atoms with E-state index in [1.807, 2.05) is 4.90 Å². The number of hydrogen-bond acceptors (Lipinski definition) is 2. The molecular formula is C12H23N3O. The zero-order valence-electron chi connectivity index (χ0n) is 9.95. The summed E-state index contributed by atoms with van der Waals surface area (Å²) in [5, 5.41) is 2.92. The Morgan fingerprint density at radius 1 is 1.31 bits per heavy atom. The maximum Gasteiger partial charge on any atom is 0.317 e. The molecule has 1 heterocycles. The molecular weight excluding hydrogens is 202 g/mol. The second kappa shape index (κ2) is 5.53. The summed E-state index contributed by atoms with van der Waals surface area (Å²) in [6, 6.07) is 0.355. The van der Waals surface area contributed by atoms with Gasteiger partial charge in [0.15, 0.2) is 0 Å². The monoisotopic (exact) mass is 225 g/mol. The molecule has 1 saturated carbocycles. The Hall–Kier alpha value is -0.770. The molecule has 0 aromatic heterocycles. The van der Waals surface area contributed by atoms with Gasteiger partial charge in [0.25, 0.3) is 0 Å². The minimum atomic E-state index is 0.0901. The zero-order valence-corrected chi connectivity index (χ0v) is 9.95. The van der Waals surface area contributed by atoms with Gasteiger partial charge in [0, 0.05) is 25.7 Å².